The number of rotatable bonds is 2. The van der Waals surface area contributed by atoms with Crippen LogP contribution in [0.3, 0.4) is 0 Å². The second-order valence-corrected chi connectivity index (χ2v) is 3.97. The van der Waals surface area contributed by atoms with E-state index in [1.54, 1.807) is 34.4 Å². The van der Waals surface area contributed by atoms with Crippen molar-refractivity contribution in [3.05, 3.63) is 35.7 Å². The highest BCUT2D eigenvalue weighted by Crippen LogP contribution is 2.19. The zero-order valence-electron chi connectivity index (χ0n) is 7.94. The molecule has 80 valence electrons. The number of imidazole rings is 1. The fourth-order valence-corrected chi connectivity index (χ4v) is 2.24. The fraction of sp³-hybridized carbons (Fsp3) is 0. The first kappa shape index (κ1) is 9.10. The van der Waals surface area contributed by atoms with E-state index in [1.807, 2.05) is 0 Å². The third kappa shape index (κ3) is 1.15. The summed E-state index contributed by atoms with van der Waals surface area (Å²) in [5.41, 5.74) is 0.125. The van der Waals surface area contributed by atoms with E-state index in [4.69, 9.17) is 0 Å². The number of carboxylic acid groups (broad SMARTS) is 1. The minimum atomic E-state index is -1.02. The van der Waals surface area contributed by atoms with E-state index in [-0.39, 0.29) is 5.69 Å². The standard InChI is InChI=1S/C9H6N4O2S/c14-8(15)6-7(13-3-1-2-10-13)11-9-12(6)4-5-16-9/h1-5H,(H,14,15). The van der Waals surface area contributed by atoms with Crippen LogP contribution < -0.4 is 0 Å². The van der Waals surface area contributed by atoms with Crippen molar-refractivity contribution in [3.8, 4) is 5.82 Å². The van der Waals surface area contributed by atoms with Gasteiger partial charge in [0.1, 0.15) is 0 Å². The van der Waals surface area contributed by atoms with Gasteiger partial charge in [-0.2, -0.15) is 10.1 Å². The predicted molar refractivity (Wildman–Crippen MR) is 57.2 cm³/mol. The van der Waals surface area contributed by atoms with Crippen LogP contribution in [0.25, 0.3) is 10.8 Å². The number of aromatic carboxylic acids is 1. The molecule has 0 saturated heterocycles. The van der Waals surface area contributed by atoms with Gasteiger partial charge in [0.15, 0.2) is 16.5 Å². The van der Waals surface area contributed by atoms with Gasteiger partial charge in [0.2, 0.25) is 0 Å². The molecule has 0 aliphatic rings. The maximum Gasteiger partial charge on any atom is 0.356 e. The molecule has 3 aromatic heterocycles. The van der Waals surface area contributed by atoms with Gasteiger partial charge in [0.25, 0.3) is 0 Å². The van der Waals surface area contributed by atoms with Crippen LogP contribution >= 0.6 is 11.3 Å². The second kappa shape index (κ2) is 3.17. The van der Waals surface area contributed by atoms with Crippen LogP contribution in [0, 0.1) is 0 Å². The second-order valence-electron chi connectivity index (χ2n) is 3.10. The fourth-order valence-electron chi connectivity index (χ4n) is 1.53. The van der Waals surface area contributed by atoms with Crippen LogP contribution in [-0.4, -0.2) is 30.2 Å². The molecule has 0 unspecified atom stereocenters. The van der Waals surface area contributed by atoms with Crippen LogP contribution in [0.15, 0.2) is 30.0 Å². The Bertz CT molecular complexity index is 652. The molecule has 0 amide bonds. The van der Waals surface area contributed by atoms with Gasteiger partial charge < -0.3 is 5.11 Å². The highest BCUT2D eigenvalue weighted by atomic mass is 32.1. The smallest absolute Gasteiger partial charge is 0.356 e. The van der Waals surface area contributed by atoms with Crippen molar-refractivity contribution in [3.63, 3.8) is 0 Å². The van der Waals surface area contributed by atoms with E-state index in [2.05, 4.69) is 10.1 Å². The molecule has 3 heterocycles. The van der Waals surface area contributed by atoms with Crippen molar-refractivity contribution >= 4 is 22.3 Å². The highest BCUT2D eigenvalue weighted by Gasteiger charge is 2.20. The van der Waals surface area contributed by atoms with Crippen molar-refractivity contribution in [2.75, 3.05) is 0 Å². The molecule has 0 aliphatic carbocycles. The van der Waals surface area contributed by atoms with Gasteiger partial charge in [0.05, 0.1) is 0 Å². The lowest BCUT2D eigenvalue weighted by Crippen LogP contribution is -2.07. The summed E-state index contributed by atoms with van der Waals surface area (Å²) in [4.78, 5) is 16.1. The van der Waals surface area contributed by atoms with E-state index in [0.29, 0.717) is 10.8 Å². The van der Waals surface area contributed by atoms with Crippen LogP contribution in [0.2, 0.25) is 0 Å². The minimum Gasteiger partial charge on any atom is -0.476 e. The van der Waals surface area contributed by atoms with Crippen molar-refractivity contribution in [2.24, 2.45) is 0 Å². The zero-order chi connectivity index (χ0) is 11.1. The first-order valence-electron chi connectivity index (χ1n) is 4.46. The van der Waals surface area contributed by atoms with E-state index >= 15 is 0 Å². The van der Waals surface area contributed by atoms with Crippen molar-refractivity contribution in [1.82, 2.24) is 19.2 Å². The maximum atomic E-state index is 11.2. The van der Waals surface area contributed by atoms with Crippen LogP contribution in [0.5, 0.6) is 0 Å². The maximum absolute atomic E-state index is 11.2. The normalized spacial score (nSPS) is 11.0. The molecule has 0 spiro atoms. The average Bonchev–Trinajstić information content (AvgIpc) is 2.92. The Morgan fingerprint density at radius 2 is 2.31 bits per heavy atom. The quantitative estimate of drug-likeness (QED) is 0.725. The predicted octanol–water partition coefficient (Wildman–Crippen LogP) is 1.28. The van der Waals surface area contributed by atoms with Crippen LogP contribution in [-0.2, 0) is 0 Å². The first-order valence-corrected chi connectivity index (χ1v) is 5.34. The number of nitrogens with zero attached hydrogens (tertiary/aromatic N) is 4. The van der Waals surface area contributed by atoms with Gasteiger partial charge in [-0.1, -0.05) is 0 Å². The first-order chi connectivity index (χ1) is 7.77. The van der Waals surface area contributed by atoms with Crippen molar-refractivity contribution in [1.29, 1.82) is 0 Å². The Balaban J connectivity index is 2.35. The summed E-state index contributed by atoms with van der Waals surface area (Å²) < 4.78 is 2.99. The van der Waals surface area contributed by atoms with E-state index in [9.17, 15) is 9.90 Å². The van der Waals surface area contributed by atoms with E-state index in [1.165, 1.54) is 16.0 Å². The number of hydrogen-bond acceptors (Lipinski definition) is 4. The Labute approximate surface area is 93.4 Å². The Kier molecular flexibility index (Phi) is 1.80. The van der Waals surface area contributed by atoms with Gasteiger partial charge in [-0.3, -0.25) is 4.40 Å². The summed E-state index contributed by atoms with van der Waals surface area (Å²) >= 11 is 1.38. The van der Waals surface area contributed by atoms with Crippen LogP contribution in [0.4, 0.5) is 0 Å². The number of hydrogen-bond donors (Lipinski definition) is 1. The lowest BCUT2D eigenvalue weighted by Gasteiger charge is -1.97. The topological polar surface area (TPSA) is 72.4 Å². The Morgan fingerprint density at radius 1 is 1.44 bits per heavy atom. The molecule has 3 rings (SSSR count). The summed E-state index contributed by atoms with van der Waals surface area (Å²) in [6.45, 7) is 0. The molecular weight excluding hydrogens is 228 g/mol. The summed E-state index contributed by atoms with van der Waals surface area (Å²) in [6, 6.07) is 1.72. The lowest BCUT2D eigenvalue weighted by molar-refractivity contribution is 0.0689. The molecule has 0 saturated carbocycles. The summed E-state index contributed by atoms with van der Waals surface area (Å²) in [5, 5.41) is 15.0. The molecule has 7 heteroatoms. The van der Waals surface area contributed by atoms with Crippen molar-refractivity contribution < 1.29 is 9.90 Å². The molecular formula is C9H6N4O2S. The monoisotopic (exact) mass is 234 g/mol. The minimum absolute atomic E-state index is 0.125. The number of carboxylic acids is 1. The third-order valence-corrected chi connectivity index (χ3v) is 2.92. The number of thiazole rings is 1. The Hall–Kier alpha value is -2.15. The summed E-state index contributed by atoms with van der Waals surface area (Å²) in [5.74, 6) is -0.680. The average molecular weight is 234 g/mol. The molecule has 6 nitrogen and oxygen atoms in total. The molecule has 0 radical (unpaired) electrons. The molecule has 0 bridgehead atoms. The van der Waals surface area contributed by atoms with Gasteiger partial charge in [0, 0.05) is 24.0 Å². The molecule has 0 atom stereocenters. The van der Waals surface area contributed by atoms with E-state index in [0.717, 1.165) is 0 Å². The van der Waals surface area contributed by atoms with Gasteiger partial charge in [-0.15, -0.1) is 11.3 Å². The number of carbonyl (C=O) groups is 1. The number of fused-ring (bicyclic) bond motifs is 1. The molecule has 0 aromatic carbocycles. The van der Waals surface area contributed by atoms with E-state index < -0.39 is 5.97 Å². The van der Waals surface area contributed by atoms with Gasteiger partial charge in [-0.25, -0.2) is 9.48 Å². The summed E-state index contributed by atoms with van der Waals surface area (Å²) in [6.07, 6.45) is 4.93. The molecule has 0 fully saturated rings. The van der Waals surface area contributed by atoms with Gasteiger partial charge in [-0.05, 0) is 6.07 Å². The highest BCUT2D eigenvalue weighted by molar-refractivity contribution is 7.15. The molecule has 0 aliphatic heterocycles. The number of aromatic nitrogens is 4. The Morgan fingerprint density at radius 3 is 3.00 bits per heavy atom. The van der Waals surface area contributed by atoms with Crippen LogP contribution in [0.1, 0.15) is 10.5 Å². The molecule has 16 heavy (non-hydrogen) atoms. The summed E-state index contributed by atoms with van der Waals surface area (Å²) in [7, 11) is 0. The third-order valence-electron chi connectivity index (χ3n) is 2.17. The largest absolute Gasteiger partial charge is 0.476 e. The zero-order valence-corrected chi connectivity index (χ0v) is 8.76. The van der Waals surface area contributed by atoms with Crippen molar-refractivity contribution in [2.45, 2.75) is 0 Å². The molecule has 3 aromatic rings. The lowest BCUT2D eigenvalue weighted by atomic mass is 10.4. The van der Waals surface area contributed by atoms with Gasteiger partial charge >= 0.3 is 5.97 Å². The SMILES string of the molecule is O=C(O)c1c(-n2cccn2)nc2sccn12. The molecule has 1 N–H and O–H groups in total.